The average molecular weight is 537 g/mol. The maximum absolute atomic E-state index is 14.4. The Balaban J connectivity index is 1.79. The second-order valence-corrected chi connectivity index (χ2v) is 12.5. The van der Waals surface area contributed by atoms with Crippen LogP contribution >= 0.6 is 11.6 Å². The standard InChI is InChI=1S/C32H41ClN2O3/c1-7-8-9-27(22-10-12-23(13-11-22)30(37)38-6)35-29(36)28(24-18-21(2)19-26(33)20-24)34-32(35)16-14-25(15-17-32)31(3,4)5/h10-13,18-20,25,27H,7-9,14-17H2,1-6H3/t25?,27-,32?/m1/s1. The highest BCUT2D eigenvalue weighted by Gasteiger charge is 2.52. The molecular formula is C32H41ClN2O3. The smallest absolute Gasteiger partial charge is 0.337 e. The van der Waals surface area contributed by atoms with Gasteiger partial charge in [0.2, 0.25) is 0 Å². The molecule has 4 rings (SSSR count). The molecule has 6 heteroatoms. The van der Waals surface area contributed by atoms with E-state index in [4.69, 9.17) is 21.3 Å². The molecule has 1 heterocycles. The fraction of sp³-hybridized carbons (Fsp3) is 0.531. The molecule has 1 aliphatic carbocycles. The number of rotatable bonds is 7. The Morgan fingerprint density at radius 2 is 1.82 bits per heavy atom. The second kappa shape index (κ2) is 11.2. The second-order valence-electron chi connectivity index (χ2n) is 12.0. The Kier molecular flexibility index (Phi) is 8.37. The summed E-state index contributed by atoms with van der Waals surface area (Å²) >= 11 is 6.42. The van der Waals surface area contributed by atoms with Crippen LogP contribution in [-0.4, -0.2) is 35.3 Å². The van der Waals surface area contributed by atoms with Crippen molar-refractivity contribution < 1.29 is 14.3 Å². The fourth-order valence-corrected chi connectivity index (χ4v) is 6.50. The minimum Gasteiger partial charge on any atom is -0.465 e. The molecule has 204 valence electrons. The molecule has 2 aromatic rings. The van der Waals surface area contributed by atoms with Crippen LogP contribution in [0.2, 0.25) is 5.02 Å². The summed E-state index contributed by atoms with van der Waals surface area (Å²) in [5.74, 6) is 0.197. The van der Waals surface area contributed by atoms with Crippen molar-refractivity contribution in [1.29, 1.82) is 0 Å². The van der Waals surface area contributed by atoms with Gasteiger partial charge in [0, 0.05) is 10.6 Å². The molecule has 5 nitrogen and oxygen atoms in total. The summed E-state index contributed by atoms with van der Waals surface area (Å²) < 4.78 is 4.90. The molecule has 1 saturated carbocycles. The zero-order valence-electron chi connectivity index (χ0n) is 23.6. The molecule has 1 amide bonds. The molecule has 2 aromatic carbocycles. The van der Waals surface area contributed by atoms with Gasteiger partial charge >= 0.3 is 5.97 Å². The number of aryl methyl sites for hydroxylation is 1. The van der Waals surface area contributed by atoms with Crippen molar-refractivity contribution in [3.8, 4) is 0 Å². The lowest BCUT2D eigenvalue weighted by Crippen LogP contribution is -2.51. The Labute approximate surface area is 232 Å². The SMILES string of the molecule is CCCC[C@H](c1ccc(C(=O)OC)cc1)N1C(=O)C(c2cc(C)cc(Cl)c2)=NC12CCC(C(C)(C)C)CC2. The lowest BCUT2D eigenvalue weighted by atomic mass is 9.69. The third-order valence-corrected chi connectivity index (χ3v) is 8.59. The van der Waals surface area contributed by atoms with Crippen molar-refractivity contribution in [3.05, 3.63) is 69.7 Å². The summed E-state index contributed by atoms with van der Waals surface area (Å²) in [6.07, 6.45) is 6.58. The number of benzene rings is 2. The summed E-state index contributed by atoms with van der Waals surface area (Å²) in [5.41, 5.74) is 3.47. The van der Waals surface area contributed by atoms with Crippen molar-refractivity contribution in [1.82, 2.24) is 4.90 Å². The first-order valence-electron chi connectivity index (χ1n) is 13.9. The third-order valence-electron chi connectivity index (χ3n) is 8.38. The number of carbonyl (C=O) groups excluding carboxylic acids is 2. The van der Waals surface area contributed by atoms with E-state index < -0.39 is 5.66 Å². The minimum atomic E-state index is -0.580. The summed E-state index contributed by atoms with van der Waals surface area (Å²) in [6.45, 7) is 11.1. The predicted octanol–water partition coefficient (Wildman–Crippen LogP) is 7.93. The van der Waals surface area contributed by atoms with Gasteiger partial charge < -0.3 is 9.64 Å². The third kappa shape index (κ3) is 5.68. The molecule has 1 aliphatic heterocycles. The highest BCUT2D eigenvalue weighted by atomic mass is 35.5. The van der Waals surface area contributed by atoms with Crippen LogP contribution in [0.1, 0.15) is 106 Å². The predicted molar refractivity (Wildman–Crippen MR) is 154 cm³/mol. The van der Waals surface area contributed by atoms with Gasteiger partial charge in [0.25, 0.3) is 5.91 Å². The lowest BCUT2D eigenvalue weighted by Gasteiger charge is -2.47. The van der Waals surface area contributed by atoms with E-state index in [0.29, 0.717) is 22.2 Å². The quantitative estimate of drug-likeness (QED) is 0.337. The van der Waals surface area contributed by atoms with Crippen molar-refractivity contribution in [2.75, 3.05) is 7.11 Å². The van der Waals surface area contributed by atoms with Crippen LogP contribution in [0.15, 0.2) is 47.5 Å². The van der Waals surface area contributed by atoms with Crippen LogP contribution in [0, 0.1) is 18.3 Å². The van der Waals surface area contributed by atoms with Crippen LogP contribution in [-0.2, 0) is 9.53 Å². The summed E-state index contributed by atoms with van der Waals surface area (Å²) in [6, 6.07) is 13.2. The first-order valence-corrected chi connectivity index (χ1v) is 14.3. The molecule has 0 radical (unpaired) electrons. The zero-order valence-corrected chi connectivity index (χ0v) is 24.4. The van der Waals surface area contributed by atoms with E-state index in [1.165, 1.54) is 7.11 Å². The van der Waals surface area contributed by atoms with Gasteiger partial charge in [-0.25, -0.2) is 4.79 Å². The Morgan fingerprint density at radius 3 is 2.37 bits per heavy atom. The van der Waals surface area contributed by atoms with Gasteiger partial charge in [-0.2, -0.15) is 0 Å². The number of amides is 1. The van der Waals surface area contributed by atoms with Gasteiger partial charge in [0.1, 0.15) is 11.4 Å². The van der Waals surface area contributed by atoms with E-state index in [2.05, 4.69) is 32.6 Å². The molecule has 2 aliphatic rings. The average Bonchev–Trinajstić information content (AvgIpc) is 3.15. The van der Waals surface area contributed by atoms with Gasteiger partial charge in [-0.1, -0.05) is 64.3 Å². The van der Waals surface area contributed by atoms with Crippen LogP contribution in [0.25, 0.3) is 0 Å². The highest BCUT2D eigenvalue weighted by Crippen LogP contribution is 2.50. The number of carbonyl (C=O) groups is 2. The van der Waals surface area contributed by atoms with Gasteiger partial charge in [-0.05, 0) is 91.8 Å². The van der Waals surface area contributed by atoms with Crippen LogP contribution in [0.4, 0.5) is 0 Å². The van der Waals surface area contributed by atoms with Gasteiger partial charge in [0.05, 0.1) is 18.7 Å². The van der Waals surface area contributed by atoms with Crippen LogP contribution < -0.4 is 0 Å². The molecule has 0 aromatic heterocycles. The molecule has 1 spiro atoms. The number of esters is 1. The number of ether oxygens (including phenoxy) is 1. The van der Waals surface area contributed by atoms with Gasteiger partial charge in [-0.3, -0.25) is 9.79 Å². The number of aliphatic imine (C=N–C) groups is 1. The van der Waals surface area contributed by atoms with Crippen LogP contribution in [0.5, 0.6) is 0 Å². The van der Waals surface area contributed by atoms with Crippen molar-refractivity contribution >= 4 is 29.2 Å². The molecule has 0 N–H and O–H groups in total. The van der Waals surface area contributed by atoms with E-state index in [-0.39, 0.29) is 23.3 Å². The van der Waals surface area contributed by atoms with Crippen LogP contribution in [0.3, 0.4) is 0 Å². The topological polar surface area (TPSA) is 59.0 Å². The lowest BCUT2D eigenvalue weighted by molar-refractivity contribution is -0.133. The summed E-state index contributed by atoms with van der Waals surface area (Å²) in [4.78, 5) is 33.8. The fourth-order valence-electron chi connectivity index (χ4n) is 6.21. The van der Waals surface area contributed by atoms with E-state index in [1.807, 2.05) is 37.3 Å². The normalized spacial score (nSPS) is 22.5. The number of unbranched alkanes of at least 4 members (excludes halogenated alkanes) is 1. The monoisotopic (exact) mass is 536 g/mol. The number of nitrogens with zero attached hydrogens (tertiary/aromatic N) is 2. The number of hydrogen-bond donors (Lipinski definition) is 0. The first-order chi connectivity index (χ1) is 18.0. The summed E-state index contributed by atoms with van der Waals surface area (Å²) in [7, 11) is 1.39. The minimum absolute atomic E-state index is 0.0287. The van der Waals surface area contributed by atoms with E-state index in [9.17, 15) is 9.59 Å². The maximum Gasteiger partial charge on any atom is 0.337 e. The molecule has 0 bridgehead atoms. The maximum atomic E-state index is 14.4. The molecule has 0 saturated heterocycles. The zero-order chi connectivity index (χ0) is 27.7. The highest BCUT2D eigenvalue weighted by molar-refractivity contribution is 6.47. The van der Waals surface area contributed by atoms with Gasteiger partial charge in [-0.15, -0.1) is 0 Å². The van der Waals surface area contributed by atoms with E-state index in [0.717, 1.165) is 61.6 Å². The van der Waals surface area contributed by atoms with Gasteiger partial charge in [0.15, 0.2) is 0 Å². The molecule has 1 atom stereocenters. The number of halogens is 1. The molecule has 38 heavy (non-hydrogen) atoms. The van der Waals surface area contributed by atoms with Crippen molar-refractivity contribution in [2.45, 2.75) is 91.3 Å². The van der Waals surface area contributed by atoms with Crippen molar-refractivity contribution in [3.63, 3.8) is 0 Å². The molecular weight excluding hydrogens is 496 g/mol. The van der Waals surface area contributed by atoms with E-state index in [1.54, 1.807) is 12.1 Å². The van der Waals surface area contributed by atoms with E-state index >= 15 is 0 Å². The first kappa shape index (κ1) is 28.4. The number of hydrogen-bond acceptors (Lipinski definition) is 4. The van der Waals surface area contributed by atoms with Crippen molar-refractivity contribution in [2.24, 2.45) is 16.3 Å². The Bertz CT molecular complexity index is 1180. The Hall–Kier alpha value is -2.66. The molecule has 0 unspecified atom stereocenters. The number of methoxy groups -OCH3 is 1. The summed E-state index contributed by atoms with van der Waals surface area (Å²) in [5, 5.41) is 0.611. The molecule has 1 fully saturated rings. The Morgan fingerprint density at radius 1 is 1.16 bits per heavy atom. The largest absolute Gasteiger partial charge is 0.465 e.